The van der Waals surface area contributed by atoms with Gasteiger partial charge < -0.3 is 5.32 Å². The predicted molar refractivity (Wildman–Crippen MR) is 65.3 cm³/mol. The molecule has 1 aliphatic rings. The van der Waals surface area contributed by atoms with Crippen LogP contribution in [0.5, 0.6) is 0 Å². The molecule has 0 spiro atoms. The van der Waals surface area contributed by atoms with E-state index in [2.05, 4.69) is 31.2 Å². The van der Waals surface area contributed by atoms with Gasteiger partial charge in [0.05, 0.1) is 4.47 Å². The summed E-state index contributed by atoms with van der Waals surface area (Å²) >= 11 is 9.47. The molecule has 3 nitrogen and oxygen atoms in total. The van der Waals surface area contributed by atoms with Crippen LogP contribution in [0.4, 0.5) is 5.82 Å². The number of anilines is 1. The van der Waals surface area contributed by atoms with E-state index in [-0.39, 0.29) is 0 Å². The fourth-order valence-electron chi connectivity index (χ4n) is 1.81. The quantitative estimate of drug-likeness (QED) is 0.850. The molecule has 1 fully saturated rings. The van der Waals surface area contributed by atoms with Crippen LogP contribution in [0.1, 0.15) is 25.7 Å². The highest BCUT2D eigenvalue weighted by molar-refractivity contribution is 9.10. The fourth-order valence-corrected chi connectivity index (χ4v) is 2.40. The van der Waals surface area contributed by atoms with Crippen LogP contribution in [-0.2, 0) is 0 Å². The molecule has 1 aliphatic carbocycles. The molecule has 0 atom stereocenters. The molecule has 1 aromatic heterocycles. The monoisotopic (exact) mass is 289 g/mol. The van der Waals surface area contributed by atoms with E-state index in [1.54, 1.807) is 12.5 Å². The van der Waals surface area contributed by atoms with Gasteiger partial charge in [0.15, 0.2) is 0 Å². The Morgan fingerprint density at radius 3 is 2.73 bits per heavy atom. The number of halogens is 2. The van der Waals surface area contributed by atoms with Gasteiger partial charge in [0.1, 0.15) is 12.1 Å². The van der Waals surface area contributed by atoms with Crippen LogP contribution in [-0.4, -0.2) is 21.4 Å². The molecule has 82 valence electrons. The van der Waals surface area contributed by atoms with E-state index in [0.717, 1.165) is 36.0 Å². The van der Waals surface area contributed by atoms with E-state index in [9.17, 15) is 0 Å². The Hall–Kier alpha value is -0.350. The molecule has 1 heterocycles. The molecule has 2 rings (SSSR count). The van der Waals surface area contributed by atoms with Crippen LogP contribution in [0.3, 0.4) is 0 Å². The molecule has 5 heteroatoms. The molecule has 0 radical (unpaired) electrons. The average Bonchev–Trinajstić information content (AvgIpc) is 2.25. The highest BCUT2D eigenvalue weighted by Gasteiger charge is 2.19. The molecule has 0 aliphatic heterocycles. The Bertz CT molecular complexity index is 326. The number of nitrogens with one attached hydrogen (secondary N) is 1. The molecule has 0 bridgehead atoms. The largest absolute Gasteiger partial charge is 0.366 e. The summed E-state index contributed by atoms with van der Waals surface area (Å²) in [5.41, 5.74) is 0. The first-order valence-electron chi connectivity index (χ1n) is 5.12. The summed E-state index contributed by atoms with van der Waals surface area (Å²) in [5, 5.41) is 3.77. The van der Waals surface area contributed by atoms with Crippen LogP contribution >= 0.6 is 27.5 Å². The van der Waals surface area contributed by atoms with Crippen molar-refractivity contribution in [1.29, 1.82) is 0 Å². The predicted octanol–water partition coefficient (Wildman–Crippen LogP) is 3.20. The number of alkyl halides is 1. The van der Waals surface area contributed by atoms with Gasteiger partial charge in [-0.2, -0.15) is 0 Å². The van der Waals surface area contributed by atoms with Gasteiger partial charge in [-0.25, -0.2) is 9.97 Å². The highest BCUT2D eigenvalue weighted by atomic mass is 79.9. The summed E-state index contributed by atoms with van der Waals surface area (Å²) in [7, 11) is 0. The zero-order valence-electron chi connectivity index (χ0n) is 8.29. The van der Waals surface area contributed by atoms with E-state index in [1.165, 1.54) is 0 Å². The van der Waals surface area contributed by atoms with E-state index in [4.69, 9.17) is 11.6 Å². The van der Waals surface area contributed by atoms with Crippen LogP contribution in [0.25, 0.3) is 0 Å². The van der Waals surface area contributed by atoms with Gasteiger partial charge in [0, 0.05) is 17.6 Å². The first-order valence-corrected chi connectivity index (χ1v) is 6.35. The zero-order chi connectivity index (χ0) is 10.7. The SMILES string of the molecule is ClC1CCC(Nc2ncncc2Br)CC1. The van der Waals surface area contributed by atoms with Crippen LogP contribution in [0.2, 0.25) is 0 Å². The third-order valence-electron chi connectivity index (χ3n) is 2.67. The maximum absolute atomic E-state index is 6.05. The lowest BCUT2D eigenvalue weighted by Gasteiger charge is -2.26. The Morgan fingerprint density at radius 1 is 1.33 bits per heavy atom. The van der Waals surface area contributed by atoms with Crippen LogP contribution in [0.15, 0.2) is 17.0 Å². The highest BCUT2D eigenvalue weighted by Crippen LogP contribution is 2.26. The maximum Gasteiger partial charge on any atom is 0.143 e. The molecular formula is C10H13BrClN3. The van der Waals surface area contributed by atoms with Gasteiger partial charge in [-0.15, -0.1) is 11.6 Å². The molecule has 1 N–H and O–H groups in total. The van der Waals surface area contributed by atoms with Crippen molar-refractivity contribution >= 4 is 33.3 Å². The summed E-state index contributed by atoms with van der Waals surface area (Å²) in [6, 6.07) is 0.492. The first-order chi connectivity index (χ1) is 7.25. The van der Waals surface area contributed by atoms with Crippen molar-refractivity contribution in [3.8, 4) is 0 Å². The Labute approximate surface area is 103 Å². The van der Waals surface area contributed by atoms with Crippen molar-refractivity contribution in [2.45, 2.75) is 37.1 Å². The lowest BCUT2D eigenvalue weighted by Crippen LogP contribution is -2.26. The van der Waals surface area contributed by atoms with E-state index >= 15 is 0 Å². The molecule has 1 saturated carbocycles. The minimum absolute atomic E-state index is 0.358. The summed E-state index contributed by atoms with van der Waals surface area (Å²) in [4.78, 5) is 8.12. The maximum atomic E-state index is 6.05. The van der Waals surface area contributed by atoms with Gasteiger partial charge in [-0.05, 0) is 41.6 Å². The van der Waals surface area contributed by atoms with Gasteiger partial charge in [0.2, 0.25) is 0 Å². The molecule has 1 aromatic rings. The topological polar surface area (TPSA) is 37.8 Å². The minimum atomic E-state index is 0.358. The van der Waals surface area contributed by atoms with Crippen LogP contribution in [0, 0.1) is 0 Å². The zero-order valence-corrected chi connectivity index (χ0v) is 10.6. The van der Waals surface area contributed by atoms with E-state index in [0.29, 0.717) is 11.4 Å². The Balaban J connectivity index is 1.95. The van der Waals surface area contributed by atoms with Crippen molar-refractivity contribution in [2.24, 2.45) is 0 Å². The number of rotatable bonds is 2. The second-order valence-electron chi connectivity index (χ2n) is 3.81. The summed E-state index contributed by atoms with van der Waals surface area (Å²) in [6.07, 6.45) is 7.71. The van der Waals surface area contributed by atoms with Gasteiger partial charge in [-0.1, -0.05) is 0 Å². The summed E-state index contributed by atoms with van der Waals surface area (Å²) in [5.74, 6) is 0.878. The summed E-state index contributed by atoms with van der Waals surface area (Å²) in [6.45, 7) is 0. The van der Waals surface area contributed by atoms with Crippen LogP contribution < -0.4 is 5.32 Å². The third-order valence-corrected chi connectivity index (χ3v) is 3.68. The van der Waals surface area contributed by atoms with Crippen molar-refractivity contribution in [1.82, 2.24) is 9.97 Å². The molecule has 0 amide bonds. The van der Waals surface area contributed by atoms with Gasteiger partial charge in [0.25, 0.3) is 0 Å². The lowest BCUT2D eigenvalue weighted by atomic mass is 9.95. The smallest absolute Gasteiger partial charge is 0.143 e. The average molecular weight is 291 g/mol. The van der Waals surface area contributed by atoms with E-state index in [1.807, 2.05) is 0 Å². The fraction of sp³-hybridized carbons (Fsp3) is 0.600. The standard InChI is InChI=1S/C10H13BrClN3/c11-9-5-13-6-14-10(9)15-8-3-1-7(12)2-4-8/h5-8H,1-4H2,(H,13,14,15). The number of aromatic nitrogens is 2. The normalized spacial score (nSPS) is 26.3. The number of hydrogen-bond donors (Lipinski definition) is 1. The third kappa shape index (κ3) is 3.05. The van der Waals surface area contributed by atoms with Crippen molar-refractivity contribution in [2.75, 3.05) is 5.32 Å². The van der Waals surface area contributed by atoms with Gasteiger partial charge in [-0.3, -0.25) is 0 Å². The molecule has 0 unspecified atom stereocenters. The molecule has 0 aromatic carbocycles. The second kappa shape index (κ2) is 5.12. The van der Waals surface area contributed by atoms with Gasteiger partial charge >= 0.3 is 0 Å². The lowest BCUT2D eigenvalue weighted by molar-refractivity contribution is 0.467. The number of hydrogen-bond acceptors (Lipinski definition) is 3. The Kier molecular flexibility index (Phi) is 3.81. The van der Waals surface area contributed by atoms with Crippen molar-refractivity contribution in [3.63, 3.8) is 0 Å². The summed E-state index contributed by atoms with van der Waals surface area (Å²) < 4.78 is 0.915. The molecular weight excluding hydrogens is 277 g/mol. The second-order valence-corrected chi connectivity index (χ2v) is 5.28. The Morgan fingerprint density at radius 2 is 2.07 bits per heavy atom. The van der Waals surface area contributed by atoms with Crippen molar-refractivity contribution in [3.05, 3.63) is 17.0 Å². The van der Waals surface area contributed by atoms with E-state index < -0.39 is 0 Å². The first kappa shape index (κ1) is 11.1. The number of nitrogens with zero attached hydrogens (tertiary/aromatic N) is 2. The molecule has 0 saturated heterocycles. The van der Waals surface area contributed by atoms with Crippen molar-refractivity contribution < 1.29 is 0 Å². The minimum Gasteiger partial charge on any atom is -0.366 e. The molecule has 15 heavy (non-hydrogen) atoms.